The van der Waals surface area contributed by atoms with Crippen LogP contribution in [0.1, 0.15) is 26.2 Å². The molecule has 2 aliphatic rings. The van der Waals surface area contributed by atoms with Crippen LogP contribution in [0.15, 0.2) is 0 Å². The van der Waals surface area contributed by atoms with E-state index in [-0.39, 0.29) is 11.9 Å². The van der Waals surface area contributed by atoms with Crippen molar-refractivity contribution in [2.75, 3.05) is 6.61 Å². The zero-order valence-electron chi connectivity index (χ0n) is 6.88. The number of esters is 1. The van der Waals surface area contributed by atoms with Gasteiger partial charge in [-0.15, -0.1) is 0 Å². The van der Waals surface area contributed by atoms with Crippen molar-refractivity contribution in [3.05, 3.63) is 0 Å². The Kier molecular flexibility index (Phi) is 1.63. The summed E-state index contributed by atoms with van der Waals surface area (Å²) in [6.45, 7) is 2.82. The third kappa shape index (κ3) is 1.05. The summed E-state index contributed by atoms with van der Waals surface area (Å²) in [4.78, 5) is 11.3. The molecule has 0 amide bonds. The fraction of sp³-hybridized carbons (Fsp3) is 0.889. The number of rotatable bonds is 0. The Labute approximate surface area is 66.9 Å². The minimum atomic E-state index is 0.0613. The normalized spacial score (nSPS) is 43.4. The van der Waals surface area contributed by atoms with Crippen molar-refractivity contribution in [3.8, 4) is 0 Å². The quantitative estimate of drug-likeness (QED) is 0.495. The molecule has 0 radical (unpaired) electrons. The van der Waals surface area contributed by atoms with Crippen LogP contribution in [0.2, 0.25) is 0 Å². The Hall–Kier alpha value is -0.530. The molecule has 62 valence electrons. The lowest BCUT2D eigenvalue weighted by molar-refractivity contribution is -0.156. The van der Waals surface area contributed by atoms with Gasteiger partial charge in [0.1, 0.15) is 0 Å². The summed E-state index contributed by atoms with van der Waals surface area (Å²) >= 11 is 0. The molecule has 0 N–H and O–H groups in total. The van der Waals surface area contributed by atoms with E-state index in [0.717, 1.165) is 6.42 Å². The van der Waals surface area contributed by atoms with Crippen molar-refractivity contribution >= 4 is 5.97 Å². The van der Waals surface area contributed by atoms with E-state index < -0.39 is 0 Å². The van der Waals surface area contributed by atoms with Gasteiger partial charge in [0.25, 0.3) is 0 Å². The second kappa shape index (κ2) is 2.50. The summed E-state index contributed by atoms with van der Waals surface area (Å²) in [7, 11) is 0. The molecular weight excluding hydrogens is 140 g/mol. The molecule has 2 fully saturated rings. The molecule has 0 aromatic carbocycles. The molecule has 0 spiro atoms. The maximum absolute atomic E-state index is 11.3. The highest BCUT2D eigenvalue weighted by atomic mass is 16.5. The highest BCUT2D eigenvalue weighted by molar-refractivity contribution is 5.74. The van der Waals surface area contributed by atoms with E-state index in [1.54, 1.807) is 0 Å². The molecule has 0 aromatic rings. The van der Waals surface area contributed by atoms with Crippen molar-refractivity contribution in [3.63, 3.8) is 0 Å². The first kappa shape index (κ1) is 7.14. The molecule has 1 aliphatic carbocycles. The van der Waals surface area contributed by atoms with Crippen LogP contribution >= 0.6 is 0 Å². The smallest absolute Gasteiger partial charge is 0.309 e. The van der Waals surface area contributed by atoms with Crippen LogP contribution in [0.4, 0.5) is 0 Å². The number of carbonyl (C=O) groups excluding carboxylic acids is 1. The largest absolute Gasteiger partial charge is 0.465 e. The van der Waals surface area contributed by atoms with E-state index in [1.807, 2.05) is 0 Å². The first-order valence-corrected chi connectivity index (χ1v) is 4.45. The number of hydrogen-bond acceptors (Lipinski definition) is 2. The Balaban J connectivity index is 2.14. The van der Waals surface area contributed by atoms with E-state index >= 15 is 0 Å². The van der Waals surface area contributed by atoms with Crippen molar-refractivity contribution in [1.82, 2.24) is 0 Å². The molecule has 3 unspecified atom stereocenters. The molecule has 3 atom stereocenters. The average molecular weight is 154 g/mol. The van der Waals surface area contributed by atoms with Gasteiger partial charge in [0.2, 0.25) is 0 Å². The highest BCUT2D eigenvalue weighted by Crippen LogP contribution is 2.41. The van der Waals surface area contributed by atoms with Crippen LogP contribution in [0.25, 0.3) is 0 Å². The number of cyclic esters (lactones) is 1. The topological polar surface area (TPSA) is 26.3 Å². The maximum Gasteiger partial charge on any atom is 0.309 e. The Morgan fingerprint density at radius 1 is 1.36 bits per heavy atom. The van der Waals surface area contributed by atoms with Gasteiger partial charge in [-0.3, -0.25) is 4.79 Å². The number of carbonyl (C=O) groups is 1. The lowest BCUT2D eigenvalue weighted by atomic mass is 9.87. The number of hydrogen-bond donors (Lipinski definition) is 0. The minimum absolute atomic E-state index is 0.0613. The minimum Gasteiger partial charge on any atom is -0.465 e. The zero-order chi connectivity index (χ0) is 7.84. The van der Waals surface area contributed by atoms with Crippen LogP contribution in [-0.2, 0) is 9.53 Å². The van der Waals surface area contributed by atoms with E-state index in [1.165, 1.54) is 12.8 Å². The molecular formula is C9H14O2. The first-order valence-electron chi connectivity index (χ1n) is 4.45. The van der Waals surface area contributed by atoms with Gasteiger partial charge < -0.3 is 4.74 Å². The third-order valence-electron chi connectivity index (χ3n) is 3.12. The fourth-order valence-corrected chi connectivity index (χ4v) is 2.46. The lowest BCUT2D eigenvalue weighted by Gasteiger charge is -2.26. The molecule has 2 nitrogen and oxygen atoms in total. The van der Waals surface area contributed by atoms with Gasteiger partial charge >= 0.3 is 5.97 Å². The lowest BCUT2D eigenvalue weighted by Crippen LogP contribution is -2.31. The average Bonchev–Trinajstić information content (AvgIpc) is 2.34. The molecule has 2 rings (SSSR count). The second-order valence-corrected chi connectivity index (χ2v) is 3.80. The summed E-state index contributed by atoms with van der Waals surface area (Å²) in [5, 5.41) is 0. The van der Waals surface area contributed by atoms with Crippen LogP contribution in [-0.4, -0.2) is 12.6 Å². The van der Waals surface area contributed by atoms with Gasteiger partial charge in [0, 0.05) is 0 Å². The van der Waals surface area contributed by atoms with Crippen molar-refractivity contribution in [2.45, 2.75) is 26.2 Å². The van der Waals surface area contributed by atoms with Gasteiger partial charge in [-0.05, 0) is 31.1 Å². The molecule has 1 saturated heterocycles. The van der Waals surface area contributed by atoms with Crippen LogP contribution < -0.4 is 0 Å². The summed E-state index contributed by atoms with van der Waals surface area (Å²) in [5.74, 6) is 1.51. The number of ether oxygens (including phenoxy) is 1. The van der Waals surface area contributed by atoms with E-state index in [9.17, 15) is 4.79 Å². The third-order valence-corrected chi connectivity index (χ3v) is 3.12. The molecule has 0 bridgehead atoms. The van der Waals surface area contributed by atoms with E-state index in [0.29, 0.717) is 18.4 Å². The standard InChI is InChI=1S/C9H14O2/c1-6-2-3-7-4-5-11-9(10)8(6)7/h6-8H,2-5H2,1H3. The molecule has 1 heterocycles. The summed E-state index contributed by atoms with van der Waals surface area (Å²) in [6, 6.07) is 0. The van der Waals surface area contributed by atoms with Gasteiger partial charge in [0.05, 0.1) is 12.5 Å². The molecule has 1 saturated carbocycles. The molecule has 1 aliphatic heterocycles. The van der Waals surface area contributed by atoms with Crippen LogP contribution in [0.5, 0.6) is 0 Å². The van der Waals surface area contributed by atoms with Gasteiger partial charge in [0.15, 0.2) is 0 Å². The van der Waals surface area contributed by atoms with Gasteiger partial charge in [-0.1, -0.05) is 6.92 Å². The van der Waals surface area contributed by atoms with Gasteiger partial charge in [-0.25, -0.2) is 0 Å². The second-order valence-electron chi connectivity index (χ2n) is 3.80. The first-order chi connectivity index (χ1) is 5.29. The van der Waals surface area contributed by atoms with Crippen LogP contribution in [0, 0.1) is 17.8 Å². The molecule has 11 heavy (non-hydrogen) atoms. The summed E-state index contributed by atoms with van der Waals surface area (Å²) < 4.78 is 5.02. The van der Waals surface area contributed by atoms with E-state index in [4.69, 9.17) is 4.74 Å². The van der Waals surface area contributed by atoms with Crippen molar-refractivity contribution in [1.29, 1.82) is 0 Å². The SMILES string of the molecule is CC1CCC2CCOC(=O)C12. The Morgan fingerprint density at radius 3 is 2.91 bits per heavy atom. The van der Waals surface area contributed by atoms with Crippen LogP contribution in [0.3, 0.4) is 0 Å². The number of fused-ring (bicyclic) bond motifs is 1. The highest BCUT2D eigenvalue weighted by Gasteiger charge is 2.41. The van der Waals surface area contributed by atoms with E-state index in [2.05, 4.69) is 6.92 Å². The van der Waals surface area contributed by atoms with Crippen molar-refractivity contribution < 1.29 is 9.53 Å². The van der Waals surface area contributed by atoms with Crippen molar-refractivity contribution in [2.24, 2.45) is 17.8 Å². The predicted octanol–water partition coefficient (Wildman–Crippen LogP) is 1.60. The molecule has 2 heteroatoms. The summed E-state index contributed by atoms with van der Waals surface area (Å²) in [6.07, 6.45) is 3.55. The monoisotopic (exact) mass is 154 g/mol. The maximum atomic E-state index is 11.3. The molecule has 0 aromatic heterocycles. The van der Waals surface area contributed by atoms with Gasteiger partial charge in [-0.2, -0.15) is 0 Å². The Bertz CT molecular complexity index is 174. The fourth-order valence-electron chi connectivity index (χ4n) is 2.46. The summed E-state index contributed by atoms with van der Waals surface area (Å²) in [5.41, 5.74) is 0. The Morgan fingerprint density at radius 2 is 2.18 bits per heavy atom. The predicted molar refractivity (Wildman–Crippen MR) is 41.0 cm³/mol. The zero-order valence-corrected chi connectivity index (χ0v) is 6.88.